The van der Waals surface area contributed by atoms with Crippen molar-refractivity contribution in [3.05, 3.63) is 23.8 Å². The maximum atomic E-state index is 9.09. The molecule has 3 N–H and O–H groups in total. The number of anilines is 1. The quantitative estimate of drug-likeness (QED) is 0.266. The van der Waals surface area contributed by atoms with Gasteiger partial charge in [0.15, 0.2) is 5.84 Å². The van der Waals surface area contributed by atoms with Gasteiger partial charge in [-0.2, -0.15) is 0 Å². The summed E-state index contributed by atoms with van der Waals surface area (Å²) in [6, 6.07) is 6.46. The van der Waals surface area contributed by atoms with E-state index in [4.69, 9.17) is 10.9 Å². The molecule has 112 valence electrons. The molecule has 1 rings (SSSR count). The minimum absolute atomic E-state index is 0.179. The highest BCUT2D eigenvalue weighted by molar-refractivity contribution is 7.99. The van der Waals surface area contributed by atoms with Gasteiger partial charge in [0.25, 0.3) is 0 Å². The Labute approximate surface area is 126 Å². The Hall–Kier alpha value is -1.36. The van der Waals surface area contributed by atoms with Crippen molar-refractivity contribution in [2.45, 2.75) is 45.1 Å². The topological polar surface area (TPSA) is 61.8 Å². The van der Waals surface area contributed by atoms with Crippen molar-refractivity contribution in [3.63, 3.8) is 0 Å². The number of nitrogens with two attached hydrogens (primary N) is 1. The fourth-order valence-corrected chi connectivity index (χ4v) is 3.08. The van der Waals surface area contributed by atoms with Gasteiger partial charge in [0.05, 0.1) is 5.56 Å². The lowest BCUT2D eigenvalue weighted by atomic mass is 10.1. The molecule has 0 amide bonds. The van der Waals surface area contributed by atoms with Gasteiger partial charge in [0.1, 0.15) is 0 Å². The molecule has 1 aromatic carbocycles. The van der Waals surface area contributed by atoms with E-state index in [-0.39, 0.29) is 5.84 Å². The molecule has 0 fully saturated rings. The van der Waals surface area contributed by atoms with Gasteiger partial charge in [-0.15, -0.1) is 11.8 Å². The van der Waals surface area contributed by atoms with Crippen LogP contribution >= 0.6 is 11.8 Å². The average molecular weight is 295 g/mol. The van der Waals surface area contributed by atoms with Crippen LogP contribution in [0.1, 0.15) is 39.7 Å². The van der Waals surface area contributed by atoms with Crippen LogP contribution in [0.15, 0.2) is 28.3 Å². The summed E-state index contributed by atoms with van der Waals surface area (Å²) in [5.74, 6) is 1.13. The first-order valence-corrected chi connectivity index (χ1v) is 8.05. The lowest BCUT2D eigenvalue weighted by molar-refractivity contribution is 0.318. The largest absolute Gasteiger partial charge is 0.409 e. The molecule has 0 aromatic heterocycles. The molecule has 4 nitrogen and oxygen atoms in total. The molecule has 0 bridgehead atoms. The Balaban J connectivity index is 3.39. The highest BCUT2D eigenvalue weighted by Gasteiger charge is 2.19. The van der Waals surface area contributed by atoms with Crippen molar-refractivity contribution >= 4 is 23.3 Å². The molecule has 20 heavy (non-hydrogen) atoms. The van der Waals surface area contributed by atoms with Crippen LogP contribution in [0.5, 0.6) is 0 Å². The van der Waals surface area contributed by atoms with Crippen molar-refractivity contribution in [1.29, 1.82) is 0 Å². The lowest BCUT2D eigenvalue weighted by Crippen LogP contribution is -2.33. The summed E-state index contributed by atoms with van der Waals surface area (Å²) in [6.45, 7) is 9.52. The highest BCUT2D eigenvalue weighted by atomic mass is 32.2. The van der Waals surface area contributed by atoms with Gasteiger partial charge in [-0.05, 0) is 38.2 Å². The van der Waals surface area contributed by atoms with Gasteiger partial charge in [0.2, 0.25) is 0 Å². The molecule has 0 radical (unpaired) electrons. The van der Waals surface area contributed by atoms with Gasteiger partial charge in [-0.1, -0.05) is 25.1 Å². The normalized spacial score (nSPS) is 11.9. The third-order valence-electron chi connectivity index (χ3n) is 3.07. The van der Waals surface area contributed by atoms with Crippen LogP contribution < -0.4 is 10.6 Å². The SMILES string of the molecule is CCCN(c1cccc(SCC)c1/C(N)=N/O)C(C)C. The molecule has 0 atom stereocenters. The zero-order chi connectivity index (χ0) is 15.1. The summed E-state index contributed by atoms with van der Waals surface area (Å²) in [5, 5.41) is 12.3. The van der Waals surface area contributed by atoms with E-state index in [1.54, 1.807) is 11.8 Å². The summed E-state index contributed by atoms with van der Waals surface area (Å²) >= 11 is 1.71. The summed E-state index contributed by atoms with van der Waals surface area (Å²) in [5.41, 5.74) is 7.79. The molecule has 0 saturated heterocycles. The van der Waals surface area contributed by atoms with E-state index in [2.05, 4.69) is 37.8 Å². The predicted octanol–water partition coefficient (Wildman–Crippen LogP) is 3.52. The second kappa shape index (κ2) is 8.04. The molecule has 1 aromatic rings. The molecule has 0 saturated carbocycles. The van der Waals surface area contributed by atoms with Crippen LogP contribution in [0.2, 0.25) is 0 Å². The van der Waals surface area contributed by atoms with Gasteiger partial charge in [-0.3, -0.25) is 0 Å². The van der Waals surface area contributed by atoms with Crippen molar-refractivity contribution < 1.29 is 5.21 Å². The van der Waals surface area contributed by atoms with E-state index in [0.717, 1.165) is 34.9 Å². The maximum absolute atomic E-state index is 9.09. The molecule has 0 heterocycles. The van der Waals surface area contributed by atoms with Crippen molar-refractivity contribution in [1.82, 2.24) is 0 Å². The Morgan fingerprint density at radius 1 is 1.40 bits per heavy atom. The van der Waals surface area contributed by atoms with E-state index < -0.39 is 0 Å². The van der Waals surface area contributed by atoms with Gasteiger partial charge >= 0.3 is 0 Å². The number of benzene rings is 1. The Morgan fingerprint density at radius 2 is 2.10 bits per heavy atom. The molecule has 0 aliphatic carbocycles. The van der Waals surface area contributed by atoms with E-state index in [1.165, 1.54) is 0 Å². The number of oxime groups is 1. The lowest BCUT2D eigenvalue weighted by Gasteiger charge is -2.31. The van der Waals surface area contributed by atoms with E-state index in [9.17, 15) is 0 Å². The van der Waals surface area contributed by atoms with Crippen LogP contribution in [-0.4, -0.2) is 29.4 Å². The Kier molecular flexibility index (Phi) is 6.71. The predicted molar refractivity (Wildman–Crippen MR) is 88.1 cm³/mol. The Morgan fingerprint density at radius 3 is 2.60 bits per heavy atom. The van der Waals surface area contributed by atoms with Crippen molar-refractivity contribution in [2.75, 3.05) is 17.2 Å². The number of amidine groups is 1. The van der Waals surface area contributed by atoms with Crippen LogP contribution in [0.25, 0.3) is 0 Å². The summed E-state index contributed by atoms with van der Waals surface area (Å²) in [4.78, 5) is 3.36. The summed E-state index contributed by atoms with van der Waals surface area (Å²) in [7, 11) is 0. The first-order chi connectivity index (χ1) is 9.56. The first kappa shape index (κ1) is 16.7. The second-order valence-corrected chi connectivity index (χ2v) is 6.16. The van der Waals surface area contributed by atoms with Crippen LogP contribution in [-0.2, 0) is 0 Å². The van der Waals surface area contributed by atoms with Crippen molar-refractivity contribution in [3.8, 4) is 0 Å². The standard InChI is InChI=1S/C15H25N3OS/c1-5-10-18(11(3)4)12-8-7-9-13(20-6-2)14(12)15(16)17-19/h7-9,11,19H,5-6,10H2,1-4H3,(H2,16,17). The summed E-state index contributed by atoms with van der Waals surface area (Å²) < 4.78 is 0. The number of hydrogen-bond acceptors (Lipinski definition) is 4. The number of hydrogen-bond donors (Lipinski definition) is 2. The summed E-state index contributed by atoms with van der Waals surface area (Å²) in [6.07, 6.45) is 1.05. The smallest absolute Gasteiger partial charge is 0.173 e. The van der Waals surface area contributed by atoms with Gasteiger partial charge in [0, 0.05) is 23.2 Å². The fourth-order valence-electron chi connectivity index (χ4n) is 2.24. The van der Waals surface area contributed by atoms with Crippen molar-refractivity contribution in [2.24, 2.45) is 10.9 Å². The zero-order valence-electron chi connectivity index (χ0n) is 12.8. The maximum Gasteiger partial charge on any atom is 0.173 e. The van der Waals surface area contributed by atoms with Gasteiger partial charge in [-0.25, -0.2) is 0 Å². The van der Waals surface area contributed by atoms with Gasteiger partial charge < -0.3 is 15.8 Å². The number of rotatable bonds is 7. The van der Waals surface area contributed by atoms with Crippen LogP contribution in [0.4, 0.5) is 5.69 Å². The van der Waals surface area contributed by atoms with E-state index in [1.807, 2.05) is 18.2 Å². The fraction of sp³-hybridized carbons (Fsp3) is 0.533. The number of nitrogens with zero attached hydrogens (tertiary/aromatic N) is 2. The molecular formula is C15H25N3OS. The molecule has 0 spiro atoms. The molecule has 0 aliphatic heterocycles. The zero-order valence-corrected chi connectivity index (χ0v) is 13.6. The minimum Gasteiger partial charge on any atom is -0.409 e. The Bertz CT molecular complexity index is 460. The highest BCUT2D eigenvalue weighted by Crippen LogP contribution is 2.31. The molecule has 0 aliphatic rings. The molecule has 5 heteroatoms. The monoisotopic (exact) mass is 295 g/mol. The molecular weight excluding hydrogens is 270 g/mol. The van der Waals surface area contributed by atoms with E-state index >= 15 is 0 Å². The second-order valence-electron chi connectivity index (χ2n) is 4.86. The first-order valence-electron chi connectivity index (χ1n) is 7.07. The third-order valence-corrected chi connectivity index (χ3v) is 4.01. The number of thioether (sulfide) groups is 1. The van der Waals surface area contributed by atoms with Crippen LogP contribution in [0.3, 0.4) is 0 Å². The minimum atomic E-state index is 0.179. The third kappa shape index (κ3) is 3.82. The van der Waals surface area contributed by atoms with Crippen LogP contribution in [0, 0.1) is 0 Å². The molecule has 0 unspecified atom stereocenters. The average Bonchev–Trinajstić information content (AvgIpc) is 2.43. The van der Waals surface area contributed by atoms with E-state index in [0.29, 0.717) is 6.04 Å².